The van der Waals surface area contributed by atoms with Gasteiger partial charge in [0.25, 0.3) is 0 Å². The monoisotopic (exact) mass is 355 g/mol. The summed E-state index contributed by atoms with van der Waals surface area (Å²) in [7, 11) is 1.87. The maximum Gasteiger partial charge on any atom is 0.200 e. The highest BCUT2D eigenvalue weighted by Crippen LogP contribution is 2.26. The highest BCUT2D eigenvalue weighted by molar-refractivity contribution is 7.99. The third-order valence-electron chi connectivity index (χ3n) is 4.55. The molecule has 0 spiro atoms. The Morgan fingerprint density at radius 1 is 1.16 bits per heavy atom. The van der Waals surface area contributed by atoms with Crippen molar-refractivity contribution in [3.05, 3.63) is 52.3 Å². The van der Waals surface area contributed by atoms with Crippen LogP contribution >= 0.6 is 11.8 Å². The van der Waals surface area contributed by atoms with E-state index >= 15 is 0 Å². The molecule has 2 aromatic heterocycles. The second-order valence-corrected chi connectivity index (χ2v) is 7.13. The van der Waals surface area contributed by atoms with E-state index in [1.165, 1.54) is 11.8 Å². The maximum atomic E-state index is 12.8. The van der Waals surface area contributed by atoms with Gasteiger partial charge in [-0.25, -0.2) is 0 Å². The molecular formula is C19H21N3O2S. The fourth-order valence-corrected chi connectivity index (χ4v) is 3.68. The summed E-state index contributed by atoms with van der Waals surface area (Å²) in [6, 6.07) is 5.78. The number of nitrogens with zero attached hydrogens (tertiary/aromatic N) is 3. The number of hydrogen-bond acceptors (Lipinski definition) is 5. The summed E-state index contributed by atoms with van der Waals surface area (Å²) in [6.07, 6.45) is 1.60. The van der Waals surface area contributed by atoms with Crippen molar-refractivity contribution in [2.24, 2.45) is 7.05 Å². The Morgan fingerprint density at radius 2 is 1.84 bits per heavy atom. The Hall–Kier alpha value is -2.34. The van der Waals surface area contributed by atoms with Crippen LogP contribution in [0.2, 0.25) is 0 Å². The third-order valence-corrected chi connectivity index (χ3v) is 5.57. The minimum atomic E-state index is 0.120. The molecule has 6 heteroatoms. The van der Waals surface area contributed by atoms with Gasteiger partial charge in [0.05, 0.1) is 12.0 Å². The van der Waals surface area contributed by atoms with Crippen molar-refractivity contribution in [3.8, 4) is 11.6 Å². The van der Waals surface area contributed by atoms with E-state index in [1.54, 1.807) is 6.26 Å². The lowest BCUT2D eigenvalue weighted by Crippen LogP contribution is -2.10. The van der Waals surface area contributed by atoms with E-state index < -0.39 is 0 Å². The largest absolute Gasteiger partial charge is 0.461 e. The van der Waals surface area contributed by atoms with Crippen LogP contribution in [0.15, 0.2) is 34.0 Å². The van der Waals surface area contributed by atoms with Gasteiger partial charge < -0.3 is 8.98 Å². The maximum absolute atomic E-state index is 12.8. The average Bonchev–Trinajstić information content (AvgIpc) is 3.21. The molecule has 0 radical (unpaired) electrons. The zero-order chi connectivity index (χ0) is 18.1. The van der Waals surface area contributed by atoms with Crippen molar-refractivity contribution in [2.45, 2.75) is 32.9 Å². The molecule has 2 heterocycles. The molecule has 1 aromatic carbocycles. The highest BCUT2D eigenvalue weighted by Gasteiger charge is 2.18. The van der Waals surface area contributed by atoms with Gasteiger partial charge in [0.1, 0.15) is 0 Å². The molecule has 0 saturated carbocycles. The summed E-state index contributed by atoms with van der Waals surface area (Å²) in [5.74, 6) is 1.76. The number of aryl methyl sites for hydroxylation is 2. The van der Waals surface area contributed by atoms with E-state index in [2.05, 4.69) is 16.3 Å². The van der Waals surface area contributed by atoms with E-state index in [1.807, 2.05) is 51.4 Å². The summed E-state index contributed by atoms with van der Waals surface area (Å²) in [4.78, 5) is 12.8. The molecule has 0 aliphatic carbocycles. The number of rotatable bonds is 5. The lowest BCUT2D eigenvalue weighted by molar-refractivity contribution is 0.102. The molecule has 0 saturated heterocycles. The number of aromatic nitrogens is 3. The van der Waals surface area contributed by atoms with Crippen LogP contribution in [0.1, 0.15) is 32.6 Å². The van der Waals surface area contributed by atoms with E-state index in [4.69, 9.17) is 4.42 Å². The first-order valence-electron chi connectivity index (χ1n) is 8.06. The molecule has 0 fully saturated rings. The summed E-state index contributed by atoms with van der Waals surface area (Å²) < 4.78 is 7.21. The predicted octanol–water partition coefficient (Wildman–Crippen LogP) is 4.28. The van der Waals surface area contributed by atoms with Crippen LogP contribution in [-0.4, -0.2) is 26.3 Å². The minimum absolute atomic E-state index is 0.120. The molecule has 3 rings (SSSR count). The molecule has 5 nitrogen and oxygen atoms in total. The zero-order valence-electron chi connectivity index (χ0n) is 15.1. The van der Waals surface area contributed by atoms with Gasteiger partial charge in [-0.1, -0.05) is 17.8 Å². The van der Waals surface area contributed by atoms with E-state index in [-0.39, 0.29) is 5.78 Å². The normalized spacial score (nSPS) is 11.1. The molecular weight excluding hydrogens is 334 g/mol. The standard InChI is InChI=1S/C19H21N3O2S/c1-11-9-12(2)14(4)17(13(11)3)15(23)10-25-19-21-20-18(22(19)5)16-7-6-8-24-16/h6-9H,10H2,1-5H3. The van der Waals surface area contributed by atoms with Crippen molar-refractivity contribution >= 4 is 17.5 Å². The average molecular weight is 355 g/mol. The third kappa shape index (κ3) is 3.26. The van der Waals surface area contributed by atoms with Gasteiger partial charge >= 0.3 is 0 Å². The first-order valence-corrected chi connectivity index (χ1v) is 9.05. The van der Waals surface area contributed by atoms with Gasteiger partial charge in [0.15, 0.2) is 22.5 Å². The van der Waals surface area contributed by atoms with Gasteiger partial charge in [-0.15, -0.1) is 10.2 Å². The Balaban J connectivity index is 1.80. The number of thioether (sulfide) groups is 1. The molecule has 3 aromatic rings. The number of furan rings is 1. The van der Waals surface area contributed by atoms with E-state index in [9.17, 15) is 4.79 Å². The van der Waals surface area contributed by atoms with Crippen LogP contribution in [0.5, 0.6) is 0 Å². The van der Waals surface area contributed by atoms with Crippen LogP contribution in [0, 0.1) is 27.7 Å². The van der Waals surface area contributed by atoms with Crippen molar-refractivity contribution in [1.82, 2.24) is 14.8 Å². The smallest absolute Gasteiger partial charge is 0.200 e. The molecule has 0 aliphatic rings. The van der Waals surface area contributed by atoms with Crippen LogP contribution in [0.25, 0.3) is 11.6 Å². The lowest BCUT2D eigenvalue weighted by atomic mass is 9.92. The van der Waals surface area contributed by atoms with Gasteiger partial charge in [-0.3, -0.25) is 4.79 Å². The van der Waals surface area contributed by atoms with Crippen LogP contribution < -0.4 is 0 Å². The van der Waals surface area contributed by atoms with Crippen molar-refractivity contribution in [2.75, 3.05) is 5.75 Å². The molecule has 0 aliphatic heterocycles. The number of carbonyl (C=O) groups excluding carboxylic acids is 1. The SMILES string of the molecule is Cc1cc(C)c(C)c(C(=O)CSc2nnc(-c3ccco3)n2C)c1C. The Bertz CT molecular complexity index is 901. The molecule has 0 atom stereocenters. The molecule has 130 valence electrons. The van der Waals surface area contributed by atoms with Gasteiger partial charge in [-0.2, -0.15) is 0 Å². The molecule has 0 bridgehead atoms. The quantitative estimate of drug-likeness (QED) is 0.505. The minimum Gasteiger partial charge on any atom is -0.461 e. The predicted molar refractivity (Wildman–Crippen MR) is 99.1 cm³/mol. The van der Waals surface area contributed by atoms with Gasteiger partial charge in [0.2, 0.25) is 0 Å². The van der Waals surface area contributed by atoms with Crippen LogP contribution in [0.4, 0.5) is 0 Å². The Morgan fingerprint density at radius 3 is 2.44 bits per heavy atom. The Kier molecular flexibility index (Phi) is 4.81. The lowest BCUT2D eigenvalue weighted by Gasteiger charge is -2.14. The van der Waals surface area contributed by atoms with Crippen molar-refractivity contribution < 1.29 is 9.21 Å². The second kappa shape index (κ2) is 6.88. The van der Waals surface area contributed by atoms with E-state index in [0.717, 1.165) is 27.8 Å². The second-order valence-electron chi connectivity index (χ2n) is 6.19. The fraction of sp³-hybridized carbons (Fsp3) is 0.316. The van der Waals surface area contributed by atoms with Crippen molar-refractivity contribution in [1.29, 1.82) is 0 Å². The number of Topliss-reactive ketones (excluding diaryl/α,β-unsaturated/α-hetero) is 1. The van der Waals surface area contributed by atoms with Gasteiger partial charge in [0, 0.05) is 12.6 Å². The number of carbonyl (C=O) groups is 1. The molecule has 25 heavy (non-hydrogen) atoms. The van der Waals surface area contributed by atoms with E-state index in [0.29, 0.717) is 22.5 Å². The molecule has 0 N–H and O–H groups in total. The molecule has 0 amide bonds. The summed E-state index contributed by atoms with van der Waals surface area (Å²) in [5, 5.41) is 9.03. The Labute approximate surface area is 151 Å². The van der Waals surface area contributed by atoms with Crippen LogP contribution in [0.3, 0.4) is 0 Å². The van der Waals surface area contributed by atoms with Crippen molar-refractivity contribution in [3.63, 3.8) is 0 Å². The number of benzene rings is 1. The number of ketones is 1. The summed E-state index contributed by atoms with van der Waals surface area (Å²) in [5.41, 5.74) is 5.25. The summed E-state index contributed by atoms with van der Waals surface area (Å²) >= 11 is 1.40. The summed E-state index contributed by atoms with van der Waals surface area (Å²) in [6.45, 7) is 8.11. The molecule has 0 unspecified atom stereocenters. The van der Waals surface area contributed by atoms with Gasteiger partial charge in [-0.05, 0) is 62.1 Å². The fourth-order valence-electron chi connectivity index (χ4n) is 2.90. The topological polar surface area (TPSA) is 60.9 Å². The van der Waals surface area contributed by atoms with Crippen LogP contribution in [-0.2, 0) is 7.05 Å². The zero-order valence-corrected chi connectivity index (χ0v) is 15.9. The highest BCUT2D eigenvalue weighted by atomic mass is 32.2. The first-order chi connectivity index (χ1) is 11.9. The first kappa shape index (κ1) is 17.5. The number of hydrogen-bond donors (Lipinski definition) is 0.